The molecule has 4 aromatic carbocycles. The van der Waals surface area contributed by atoms with Crippen molar-refractivity contribution in [1.82, 2.24) is 0 Å². The van der Waals surface area contributed by atoms with Gasteiger partial charge in [0.2, 0.25) is 0 Å². The number of hydrogen-bond donors (Lipinski definition) is 0. The molecular weight excluding hydrogens is 488 g/mol. The molecule has 6 rings (SSSR count). The molecule has 39 heavy (non-hydrogen) atoms. The highest BCUT2D eigenvalue weighted by molar-refractivity contribution is 7.07. The van der Waals surface area contributed by atoms with E-state index >= 15 is 0 Å². The first-order chi connectivity index (χ1) is 19.3. The highest BCUT2D eigenvalue weighted by Gasteiger charge is 2.45. The molecule has 2 heteroatoms. The van der Waals surface area contributed by atoms with Crippen molar-refractivity contribution < 1.29 is 4.43 Å². The monoisotopic (exact) mass is 524 g/mol. The van der Waals surface area contributed by atoms with E-state index in [4.69, 9.17) is 4.43 Å². The van der Waals surface area contributed by atoms with Gasteiger partial charge in [0.25, 0.3) is 8.32 Å². The molecule has 4 aromatic rings. The van der Waals surface area contributed by atoms with Crippen LogP contribution in [0.4, 0.5) is 0 Å². The van der Waals surface area contributed by atoms with Crippen LogP contribution in [0.25, 0.3) is 5.57 Å². The summed E-state index contributed by atoms with van der Waals surface area (Å²) in [6, 6.07) is 41.9. The Labute approximate surface area is 234 Å². The van der Waals surface area contributed by atoms with Crippen LogP contribution in [0.15, 0.2) is 145 Å². The molecule has 0 fully saturated rings. The fourth-order valence-electron chi connectivity index (χ4n) is 6.39. The van der Waals surface area contributed by atoms with Gasteiger partial charge in [-0.15, -0.1) is 0 Å². The van der Waals surface area contributed by atoms with Gasteiger partial charge < -0.3 is 4.43 Å². The van der Waals surface area contributed by atoms with E-state index in [0.717, 1.165) is 25.7 Å². The second kappa shape index (κ2) is 11.6. The predicted octanol–water partition coefficient (Wildman–Crippen LogP) is 6.98. The first-order valence-corrected chi connectivity index (χ1v) is 16.2. The predicted molar refractivity (Wildman–Crippen MR) is 167 cm³/mol. The van der Waals surface area contributed by atoms with Crippen molar-refractivity contribution in [3.05, 3.63) is 156 Å². The Hall–Kier alpha value is -3.72. The van der Waals surface area contributed by atoms with Crippen LogP contribution in [0.1, 0.15) is 37.3 Å². The highest BCUT2D eigenvalue weighted by atomic mass is 28.4. The van der Waals surface area contributed by atoms with Crippen LogP contribution < -0.4 is 15.6 Å². The standard InChI is InChI=1S/C37H36OSi/c1-2-29(30-16-12-13-17-30)28-37(36-27-26-31-18-14-15-25-35(31)36)38-39(32-19-6-3-7-20-32,33-21-8-4-9-22-33)34-23-10-5-11-24-34/h3-16,18-25,27,29,37H,2,17,26,28H2,1H3. The molecule has 0 aliphatic heterocycles. The van der Waals surface area contributed by atoms with Crippen LogP contribution in [-0.2, 0) is 10.8 Å². The first-order valence-electron chi connectivity index (χ1n) is 14.3. The van der Waals surface area contributed by atoms with E-state index in [0.29, 0.717) is 5.92 Å². The van der Waals surface area contributed by atoms with Gasteiger partial charge in [-0.25, -0.2) is 0 Å². The number of hydrogen-bond acceptors (Lipinski definition) is 1. The van der Waals surface area contributed by atoms with E-state index in [9.17, 15) is 0 Å². The van der Waals surface area contributed by atoms with Crippen LogP contribution in [-0.4, -0.2) is 14.4 Å². The molecule has 0 bridgehead atoms. The lowest BCUT2D eigenvalue weighted by Gasteiger charge is -2.38. The normalized spacial score (nSPS) is 15.9. The summed E-state index contributed by atoms with van der Waals surface area (Å²) in [6.07, 6.45) is 13.4. The Morgan fingerprint density at radius 2 is 1.26 bits per heavy atom. The summed E-state index contributed by atoms with van der Waals surface area (Å²) in [5, 5.41) is 3.86. The molecule has 0 amide bonds. The lowest BCUT2D eigenvalue weighted by molar-refractivity contribution is 0.227. The van der Waals surface area contributed by atoms with Crippen LogP contribution >= 0.6 is 0 Å². The quantitative estimate of drug-likeness (QED) is 0.161. The molecule has 2 aliphatic rings. The van der Waals surface area contributed by atoms with E-state index in [1.165, 1.54) is 37.8 Å². The maximum atomic E-state index is 7.85. The lowest BCUT2D eigenvalue weighted by atomic mass is 9.86. The summed E-state index contributed by atoms with van der Waals surface area (Å²) in [4.78, 5) is 0. The van der Waals surface area contributed by atoms with E-state index < -0.39 is 8.32 Å². The van der Waals surface area contributed by atoms with Crippen molar-refractivity contribution in [3.8, 4) is 0 Å². The summed E-state index contributed by atoms with van der Waals surface area (Å²) >= 11 is 0. The van der Waals surface area contributed by atoms with Gasteiger partial charge in [-0.1, -0.05) is 152 Å². The Kier molecular flexibility index (Phi) is 7.58. The fourth-order valence-corrected chi connectivity index (χ4v) is 10.4. The molecule has 2 aliphatic carbocycles. The van der Waals surface area contributed by atoms with Gasteiger partial charge in [-0.05, 0) is 63.9 Å². The molecule has 0 saturated carbocycles. The van der Waals surface area contributed by atoms with Crippen LogP contribution in [0, 0.1) is 5.92 Å². The molecule has 0 saturated heterocycles. The molecule has 0 aromatic heterocycles. The third-order valence-corrected chi connectivity index (χ3v) is 12.5. The molecule has 0 heterocycles. The summed E-state index contributed by atoms with van der Waals surface area (Å²) in [6.45, 7) is 2.33. The highest BCUT2D eigenvalue weighted by Crippen LogP contribution is 2.38. The van der Waals surface area contributed by atoms with Gasteiger partial charge in [0, 0.05) is 0 Å². The van der Waals surface area contributed by atoms with Gasteiger partial charge in [-0.2, -0.15) is 0 Å². The lowest BCUT2D eigenvalue weighted by Crippen LogP contribution is -2.70. The van der Waals surface area contributed by atoms with Crippen molar-refractivity contribution in [1.29, 1.82) is 0 Å². The van der Waals surface area contributed by atoms with Gasteiger partial charge in [0.1, 0.15) is 0 Å². The van der Waals surface area contributed by atoms with Gasteiger partial charge >= 0.3 is 0 Å². The van der Waals surface area contributed by atoms with Crippen molar-refractivity contribution in [3.63, 3.8) is 0 Å². The minimum absolute atomic E-state index is 0.0209. The molecule has 0 spiro atoms. The number of allylic oxidation sites excluding steroid dienone is 5. The zero-order valence-electron chi connectivity index (χ0n) is 22.7. The Morgan fingerprint density at radius 1 is 0.692 bits per heavy atom. The number of fused-ring (bicyclic) bond motifs is 1. The van der Waals surface area contributed by atoms with Crippen molar-refractivity contribution in [2.45, 2.75) is 38.7 Å². The molecule has 1 nitrogen and oxygen atoms in total. The smallest absolute Gasteiger partial charge is 0.288 e. The van der Waals surface area contributed by atoms with Crippen molar-refractivity contribution >= 4 is 29.5 Å². The maximum absolute atomic E-state index is 7.85. The summed E-state index contributed by atoms with van der Waals surface area (Å²) < 4.78 is 7.85. The largest absolute Gasteiger partial charge is 0.397 e. The second-order valence-corrected chi connectivity index (χ2v) is 14.0. The minimum atomic E-state index is -2.87. The van der Waals surface area contributed by atoms with Crippen molar-refractivity contribution in [2.75, 3.05) is 0 Å². The van der Waals surface area contributed by atoms with E-state index in [-0.39, 0.29) is 6.10 Å². The minimum Gasteiger partial charge on any atom is -0.397 e. The Bertz CT molecular complexity index is 1390. The van der Waals surface area contributed by atoms with Crippen LogP contribution in [0.2, 0.25) is 0 Å². The molecule has 0 radical (unpaired) electrons. The van der Waals surface area contributed by atoms with Gasteiger partial charge in [0.15, 0.2) is 0 Å². The average molecular weight is 525 g/mol. The molecular formula is C37H36OSi. The topological polar surface area (TPSA) is 9.23 Å². The summed E-state index contributed by atoms with van der Waals surface area (Å²) in [7, 11) is -2.87. The first kappa shape index (κ1) is 25.5. The van der Waals surface area contributed by atoms with E-state index in [2.05, 4.69) is 146 Å². The van der Waals surface area contributed by atoms with Crippen LogP contribution in [0.5, 0.6) is 0 Å². The summed E-state index contributed by atoms with van der Waals surface area (Å²) in [5.41, 5.74) is 5.65. The second-order valence-electron chi connectivity index (χ2n) is 10.6. The average Bonchev–Trinajstić information content (AvgIpc) is 3.70. The van der Waals surface area contributed by atoms with E-state index in [1.807, 2.05) is 0 Å². The zero-order valence-corrected chi connectivity index (χ0v) is 23.7. The molecule has 2 unspecified atom stereocenters. The van der Waals surface area contributed by atoms with Crippen LogP contribution in [0.3, 0.4) is 0 Å². The maximum Gasteiger partial charge on any atom is 0.288 e. The zero-order chi connectivity index (χ0) is 26.5. The molecule has 2 atom stereocenters. The van der Waals surface area contributed by atoms with E-state index in [1.54, 1.807) is 0 Å². The third-order valence-electron chi connectivity index (χ3n) is 8.39. The Balaban J connectivity index is 1.53. The molecule has 0 N–H and O–H groups in total. The number of rotatable bonds is 10. The fraction of sp³-hybridized carbons (Fsp3) is 0.189. The van der Waals surface area contributed by atoms with Crippen molar-refractivity contribution in [2.24, 2.45) is 5.92 Å². The third kappa shape index (κ3) is 5.03. The Morgan fingerprint density at radius 3 is 1.79 bits per heavy atom. The van der Waals surface area contributed by atoms with Gasteiger partial charge in [-0.3, -0.25) is 0 Å². The van der Waals surface area contributed by atoms with Gasteiger partial charge in [0.05, 0.1) is 6.10 Å². The summed E-state index contributed by atoms with van der Waals surface area (Å²) in [5.74, 6) is 0.479. The SMILES string of the molecule is CCC(CC(O[Si](c1ccccc1)(c1ccccc1)c1ccccc1)C1=CCc2ccccc21)C1=CC=CC1. The molecule has 194 valence electrons. The number of benzene rings is 4.